The molecule has 0 saturated heterocycles. The van der Waals surface area contributed by atoms with Gasteiger partial charge in [-0.05, 0) is 49.6 Å². The first-order valence-electron chi connectivity index (χ1n) is 6.16. The maximum atomic E-state index is 6.34. The molecule has 2 nitrogen and oxygen atoms in total. The van der Waals surface area contributed by atoms with E-state index in [9.17, 15) is 0 Å². The largest absolute Gasteiger partial charge is 0.399 e. The van der Waals surface area contributed by atoms with Gasteiger partial charge in [-0.2, -0.15) is 0 Å². The van der Waals surface area contributed by atoms with E-state index in [1.807, 2.05) is 19.1 Å². The zero-order chi connectivity index (χ0) is 13.3. The molecule has 2 rings (SSSR count). The molecule has 0 aliphatic heterocycles. The second-order valence-corrected chi connectivity index (χ2v) is 5.08. The first-order chi connectivity index (χ1) is 8.45. The lowest BCUT2D eigenvalue weighted by molar-refractivity contribution is 0.867. The van der Waals surface area contributed by atoms with E-state index in [1.165, 1.54) is 11.1 Å². The highest BCUT2D eigenvalue weighted by Crippen LogP contribution is 2.24. The molecule has 1 unspecified atom stereocenters. The van der Waals surface area contributed by atoms with E-state index in [2.05, 4.69) is 38.1 Å². The SMILES string of the molecule is Cc1cc(C)cc(C(N)c2cc(C)cc(N)c2)c1. The Balaban J connectivity index is 2.43. The van der Waals surface area contributed by atoms with Crippen LogP contribution < -0.4 is 11.5 Å². The molecule has 4 N–H and O–H groups in total. The minimum absolute atomic E-state index is 0.120. The molecule has 0 fully saturated rings. The van der Waals surface area contributed by atoms with Gasteiger partial charge in [-0.25, -0.2) is 0 Å². The standard InChI is InChI=1S/C16H20N2/c1-10-4-11(2)6-13(5-10)16(18)14-7-12(3)8-15(17)9-14/h4-9,16H,17-18H2,1-3H3. The lowest BCUT2D eigenvalue weighted by Gasteiger charge is -2.15. The summed E-state index contributed by atoms with van der Waals surface area (Å²) in [5.41, 5.74) is 18.8. The van der Waals surface area contributed by atoms with Crippen LogP contribution in [0.3, 0.4) is 0 Å². The molecule has 0 radical (unpaired) electrons. The van der Waals surface area contributed by atoms with Crippen molar-refractivity contribution in [1.29, 1.82) is 0 Å². The number of hydrogen-bond acceptors (Lipinski definition) is 2. The average Bonchev–Trinajstić information content (AvgIpc) is 2.25. The number of benzene rings is 2. The molecule has 0 amide bonds. The zero-order valence-electron chi connectivity index (χ0n) is 11.2. The zero-order valence-corrected chi connectivity index (χ0v) is 11.2. The van der Waals surface area contributed by atoms with Crippen LogP contribution >= 0.6 is 0 Å². The van der Waals surface area contributed by atoms with Crippen LogP contribution in [0.25, 0.3) is 0 Å². The smallest absolute Gasteiger partial charge is 0.0552 e. The molecule has 94 valence electrons. The Kier molecular flexibility index (Phi) is 3.39. The highest BCUT2D eigenvalue weighted by Gasteiger charge is 2.10. The van der Waals surface area contributed by atoms with Crippen LogP contribution in [0.2, 0.25) is 0 Å². The number of hydrogen-bond donors (Lipinski definition) is 2. The van der Waals surface area contributed by atoms with Crippen LogP contribution in [0.4, 0.5) is 5.69 Å². The summed E-state index contributed by atoms with van der Waals surface area (Å²) < 4.78 is 0. The summed E-state index contributed by atoms with van der Waals surface area (Å²) >= 11 is 0. The van der Waals surface area contributed by atoms with Crippen molar-refractivity contribution in [1.82, 2.24) is 0 Å². The van der Waals surface area contributed by atoms with Crippen LogP contribution in [-0.4, -0.2) is 0 Å². The Morgan fingerprint density at radius 1 is 0.722 bits per heavy atom. The first kappa shape index (κ1) is 12.7. The van der Waals surface area contributed by atoms with E-state index >= 15 is 0 Å². The molecule has 18 heavy (non-hydrogen) atoms. The predicted molar refractivity (Wildman–Crippen MR) is 77.5 cm³/mol. The van der Waals surface area contributed by atoms with Gasteiger partial charge in [0.2, 0.25) is 0 Å². The minimum Gasteiger partial charge on any atom is -0.399 e. The first-order valence-corrected chi connectivity index (χ1v) is 6.16. The van der Waals surface area contributed by atoms with Crippen molar-refractivity contribution in [3.63, 3.8) is 0 Å². The van der Waals surface area contributed by atoms with Crippen LogP contribution in [0.1, 0.15) is 33.9 Å². The van der Waals surface area contributed by atoms with E-state index in [0.29, 0.717) is 0 Å². The third kappa shape index (κ3) is 2.71. The van der Waals surface area contributed by atoms with E-state index < -0.39 is 0 Å². The summed E-state index contributed by atoms with van der Waals surface area (Å²) in [6.07, 6.45) is 0. The number of aryl methyl sites for hydroxylation is 3. The normalized spacial score (nSPS) is 12.4. The van der Waals surface area contributed by atoms with E-state index in [1.54, 1.807) is 0 Å². The highest BCUT2D eigenvalue weighted by atomic mass is 14.6. The maximum Gasteiger partial charge on any atom is 0.0552 e. The average molecular weight is 240 g/mol. The lowest BCUT2D eigenvalue weighted by atomic mass is 9.95. The van der Waals surface area contributed by atoms with Gasteiger partial charge in [-0.1, -0.05) is 35.4 Å². The molecule has 1 atom stereocenters. The third-order valence-electron chi connectivity index (χ3n) is 3.08. The minimum atomic E-state index is -0.120. The van der Waals surface area contributed by atoms with Gasteiger partial charge in [-0.3, -0.25) is 0 Å². The molecule has 0 bridgehead atoms. The van der Waals surface area contributed by atoms with Crippen molar-refractivity contribution >= 4 is 5.69 Å². The second kappa shape index (κ2) is 4.83. The summed E-state index contributed by atoms with van der Waals surface area (Å²) in [5.74, 6) is 0. The monoisotopic (exact) mass is 240 g/mol. The molecule has 0 aliphatic carbocycles. The van der Waals surface area contributed by atoms with E-state index in [-0.39, 0.29) is 6.04 Å². The summed E-state index contributed by atoms with van der Waals surface area (Å²) in [6.45, 7) is 6.22. The Labute approximate surface area is 109 Å². The van der Waals surface area contributed by atoms with Gasteiger partial charge in [0.25, 0.3) is 0 Å². The molecule has 0 spiro atoms. The third-order valence-corrected chi connectivity index (χ3v) is 3.08. The molecule has 2 heteroatoms. The fourth-order valence-electron chi connectivity index (χ4n) is 2.40. The molecule has 0 aromatic heterocycles. The van der Waals surface area contributed by atoms with Gasteiger partial charge < -0.3 is 11.5 Å². The summed E-state index contributed by atoms with van der Waals surface area (Å²) in [6, 6.07) is 12.3. The summed E-state index contributed by atoms with van der Waals surface area (Å²) in [4.78, 5) is 0. The van der Waals surface area contributed by atoms with Gasteiger partial charge >= 0.3 is 0 Å². The van der Waals surface area contributed by atoms with Crippen molar-refractivity contribution in [2.75, 3.05) is 5.73 Å². The van der Waals surface area contributed by atoms with Crippen molar-refractivity contribution in [2.24, 2.45) is 5.73 Å². The van der Waals surface area contributed by atoms with Crippen molar-refractivity contribution in [3.05, 3.63) is 64.2 Å². The molecule has 2 aromatic rings. The number of nitrogens with two attached hydrogens (primary N) is 2. The van der Waals surface area contributed by atoms with Gasteiger partial charge in [0.05, 0.1) is 6.04 Å². The van der Waals surface area contributed by atoms with Gasteiger partial charge in [0.1, 0.15) is 0 Å². The Morgan fingerprint density at radius 2 is 1.17 bits per heavy atom. The van der Waals surface area contributed by atoms with Crippen LogP contribution in [0.15, 0.2) is 36.4 Å². The van der Waals surface area contributed by atoms with Gasteiger partial charge in [-0.15, -0.1) is 0 Å². The summed E-state index contributed by atoms with van der Waals surface area (Å²) in [5, 5.41) is 0. The topological polar surface area (TPSA) is 52.0 Å². The maximum absolute atomic E-state index is 6.34. The Hall–Kier alpha value is -1.80. The lowest BCUT2D eigenvalue weighted by Crippen LogP contribution is -2.13. The second-order valence-electron chi connectivity index (χ2n) is 5.08. The highest BCUT2D eigenvalue weighted by molar-refractivity contribution is 5.47. The summed E-state index contributed by atoms with van der Waals surface area (Å²) in [7, 11) is 0. The number of anilines is 1. The van der Waals surface area contributed by atoms with Gasteiger partial charge in [0, 0.05) is 5.69 Å². The van der Waals surface area contributed by atoms with E-state index in [4.69, 9.17) is 11.5 Å². The van der Waals surface area contributed by atoms with Crippen LogP contribution in [0.5, 0.6) is 0 Å². The van der Waals surface area contributed by atoms with Gasteiger partial charge in [0.15, 0.2) is 0 Å². The van der Waals surface area contributed by atoms with Crippen LogP contribution in [-0.2, 0) is 0 Å². The molecule has 2 aromatic carbocycles. The molecular formula is C16H20N2. The van der Waals surface area contributed by atoms with Crippen LogP contribution in [0, 0.1) is 20.8 Å². The Bertz CT molecular complexity index is 481. The molecular weight excluding hydrogens is 220 g/mol. The van der Waals surface area contributed by atoms with Crippen molar-refractivity contribution in [2.45, 2.75) is 26.8 Å². The number of rotatable bonds is 2. The van der Waals surface area contributed by atoms with Crippen molar-refractivity contribution < 1.29 is 0 Å². The Morgan fingerprint density at radius 3 is 1.67 bits per heavy atom. The van der Waals surface area contributed by atoms with Crippen molar-refractivity contribution in [3.8, 4) is 0 Å². The van der Waals surface area contributed by atoms with E-state index in [0.717, 1.165) is 22.4 Å². The fourth-order valence-corrected chi connectivity index (χ4v) is 2.40. The fraction of sp³-hybridized carbons (Fsp3) is 0.250. The molecule has 0 saturated carbocycles. The number of nitrogen functional groups attached to an aromatic ring is 1. The molecule has 0 heterocycles. The molecule has 0 aliphatic rings. The quantitative estimate of drug-likeness (QED) is 0.792. The predicted octanol–water partition coefficient (Wildman–Crippen LogP) is 3.24.